The van der Waals surface area contributed by atoms with Crippen LogP contribution in [0.25, 0.3) is 0 Å². The number of aromatic nitrogens is 1. The Hall–Kier alpha value is -1.42. The van der Waals surface area contributed by atoms with Gasteiger partial charge in [-0.2, -0.15) is 0 Å². The van der Waals surface area contributed by atoms with Crippen LogP contribution in [0, 0.1) is 12.7 Å². The van der Waals surface area contributed by atoms with Crippen molar-refractivity contribution in [3.63, 3.8) is 0 Å². The molecule has 0 fully saturated rings. The molecule has 0 amide bonds. The average molecular weight is 234 g/mol. The third kappa shape index (κ3) is 1.59. The molecular formula is C12H11FN2S. The summed E-state index contributed by atoms with van der Waals surface area (Å²) in [7, 11) is 0. The van der Waals surface area contributed by atoms with Crippen molar-refractivity contribution in [2.45, 2.75) is 19.9 Å². The zero-order chi connectivity index (χ0) is 11.1. The van der Waals surface area contributed by atoms with Crippen molar-refractivity contribution < 1.29 is 4.39 Å². The highest BCUT2D eigenvalue weighted by atomic mass is 32.1. The number of rotatable bonds is 0. The molecule has 2 heterocycles. The van der Waals surface area contributed by atoms with E-state index in [9.17, 15) is 4.39 Å². The molecule has 0 spiro atoms. The molecule has 82 valence electrons. The minimum absolute atomic E-state index is 0.184. The second kappa shape index (κ2) is 3.56. The monoisotopic (exact) mass is 234 g/mol. The van der Waals surface area contributed by atoms with Crippen LogP contribution in [-0.4, -0.2) is 4.98 Å². The number of fused-ring (bicyclic) bond motifs is 2. The molecule has 0 aliphatic carbocycles. The molecular weight excluding hydrogens is 223 g/mol. The maximum absolute atomic E-state index is 13.2. The van der Waals surface area contributed by atoms with Crippen LogP contribution in [0.5, 0.6) is 0 Å². The minimum atomic E-state index is -0.184. The van der Waals surface area contributed by atoms with Gasteiger partial charge in [0.05, 0.1) is 17.2 Å². The van der Waals surface area contributed by atoms with Crippen molar-refractivity contribution in [2.75, 3.05) is 5.32 Å². The van der Waals surface area contributed by atoms with Crippen molar-refractivity contribution in [1.82, 2.24) is 4.98 Å². The lowest BCUT2D eigenvalue weighted by molar-refractivity contribution is 0.626. The van der Waals surface area contributed by atoms with Crippen molar-refractivity contribution >= 4 is 17.0 Å². The van der Waals surface area contributed by atoms with E-state index in [0.29, 0.717) is 0 Å². The van der Waals surface area contributed by atoms with E-state index < -0.39 is 0 Å². The number of thiazole rings is 1. The van der Waals surface area contributed by atoms with Crippen LogP contribution in [0.3, 0.4) is 0 Å². The first-order chi connectivity index (χ1) is 7.72. The first-order valence-corrected chi connectivity index (χ1v) is 6.01. The zero-order valence-corrected chi connectivity index (χ0v) is 9.70. The number of hydrogen-bond donors (Lipinski definition) is 1. The van der Waals surface area contributed by atoms with Gasteiger partial charge in [0.25, 0.3) is 0 Å². The maximum Gasteiger partial charge on any atom is 0.123 e. The molecule has 1 N–H and O–H groups in total. The van der Waals surface area contributed by atoms with Crippen molar-refractivity contribution in [2.24, 2.45) is 0 Å². The quantitative estimate of drug-likeness (QED) is 0.757. The molecule has 16 heavy (non-hydrogen) atoms. The van der Waals surface area contributed by atoms with E-state index in [1.54, 1.807) is 23.5 Å². The van der Waals surface area contributed by atoms with E-state index in [1.807, 2.05) is 6.92 Å². The van der Waals surface area contributed by atoms with Gasteiger partial charge in [-0.25, -0.2) is 9.37 Å². The predicted octanol–water partition coefficient (Wildman–Crippen LogP) is 3.11. The van der Waals surface area contributed by atoms with Gasteiger partial charge in [-0.3, -0.25) is 0 Å². The fourth-order valence-electron chi connectivity index (χ4n) is 2.03. The van der Waals surface area contributed by atoms with Gasteiger partial charge in [0, 0.05) is 17.0 Å². The Labute approximate surface area is 97.2 Å². The summed E-state index contributed by atoms with van der Waals surface area (Å²) in [5.41, 5.74) is 3.09. The highest BCUT2D eigenvalue weighted by molar-refractivity contribution is 7.11. The lowest BCUT2D eigenvalue weighted by Crippen LogP contribution is -1.97. The van der Waals surface area contributed by atoms with Crippen molar-refractivity contribution in [3.8, 4) is 0 Å². The maximum atomic E-state index is 13.2. The van der Waals surface area contributed by atoms with E-state index in [2.05, 4.69) is 10.3 Å². The van der Waals surface area contributed by atoms with Crippen LogP contribution in [0.2, 0.25) is 0 Å². The highest BCUT2D eigenvalue weighted by Crippen LogP contribution is 2.29. The smallest absolute Gasteiger partial charge is 0.123 e. The highest BCUT2D eigenvalue weighted by Gasteiger charge is 2.16. The number of nitrogens with zero attached hydrogens (tertiary/aromatic N) is 1. The molecule has 0 atom stereocenters. The number of benzene rings is 1. The van der Waals surface area contributed by atoms with Gasteiger partial charge >= 0.3 is 0 Å². The van der Waals surface area contributed by atoms with E-state index in [4.69, 9.17) is 0 Å². The normalized spacial score (nSPS) is 13.6. The molecule has 0 bridgehead atoms. The summed E-state index contributed by atoms with van der Waals surface area (Å²) in [6.45, 7) is 2.80. The molecule has 0 unspecified atom stereocenters. The Balaban J connectivity index is 2.08. The summed E-state index contributed by atoms with van der Waals surface area (Å²) in [6, 6.07) is 4.88. The van der Waals surface area contributed by atoms with Crippen LogP contribution < -0.4 is 5.32 Å². The fraction of sp³-hybridized carbons (Fsp3) is 0.250. The minimum Gasteiger partial charge on any atom is -0.380 e. The number of anilines is 1. The van der Waals surface area contributed by atoms with Crippen LogP contribution in [0.1, 0.15) is 21.1 Å². The summed E-state index contributed by atoms with van der Waals surface area (Å²) >= 11 is 1.71. The lowest BCUT2D eigenvalue weighted by atomic mass is 10.1. The van der Waals surface area contributed by atoms with Gasteiger partial charge in [-0.05, 0) is 30.7 Å². The number of aryl methyl sites for hydroxylation is 1. The summed E-state index contributed by atoms with van der Waals surface area (Å²) in [5, 5.41) is 4.40. The Bertz CT molecular complexity index is 548. The standard InChI is InChI=1S/C12H11FN2S/c1-7-15-11-5-8-4-9(13)2-3-10(8)14-6-12(11)16-7/h2-4,14H,5-6H2,1H3. The van der Waals surface area contributed by atoms with E-state index in [0.717, 1.165) is 34.9 Å². The van der Waals surface area contributed by atoms with Crippen molar-refractivity contribution in [1.29, 1.82) is 0 Å². The molecule has 1 aromatic carbocycles. The third-order valence-electron chi connectivity index (χ3n) is 2.75. The molecule has 3 rings (SSSR count). The van der Waals surface area contributed by atoms with Gasteiger partial charge in [0.2, 0.25) is 0 Å². The lowest BCUT2D eigenvalue weighted by Gasteiger charge is -2.06. The molecule has 4 heteroatoms. The van der Waals surface area contributed by atoms with E-state index >= 15 is 0 Å². The van der Waals surface area contributed by atoms with Crippen LogP contribution in [0.4, 0.5) is 10.1 Å². The van der Waals surface area contributed by atoms with E-state index in [-0.39, 0.29) is 5.82 Å². The predicted molar refractivity (Wildman–Crippen MR) is 63.4 cm³/mol. The van der Waals surface area contributed by atoms with E-state index in [1.165, 1.54) is 10.9 Å². The zero-order valence-electron chi connectivity index (χ0n) is 8.88. The van der Waals surface area contributed by atoms with Crippen molar-refractivity contribution in [3.05, 3.63) is 45.2 Å². The Morgan fingerprint density at radius 3 is 3.19 bits per heavy atom. The Morgan fingerprint density at radius 1 is 1.44 bits per heavy atom. The fourth-order valence-corrected chi connectivity index (χ4v) is 2.92. The molecule has 1 aliphatic heterocycles. The SMILES string of the molecule is Cc1nc2c(s1)CNc1ccc(F)cc1C2. The van der Waals surface area contributed by atoms with Gasteiger partial charge in [0.1, 0.15) is 5.82 Å². The molecule has 0 radical (unpaired) electrons. The first-order valence-electron chi connectivity index (χ1n) is 5.20. The molecule has 0 saturated heterocycles. The average Bonchev–Trinajstić information content (AvgIpc) is 2.49. The molecule has 0 saturated carbocycles. The van der Waals surface area contributed by atoms with Crippen LogP contribution >= 0.6 is 11.3 Å². The second-order valence-corrected chi connectivity index (χ2v) is 5.22. The molecule has 2 nitrogen and oxygen atoms in total. The number of hydrogen-bond acceptors (Lipinski definition) is 3. The Morgan fingerprint density at radius 2 is 2.31 bits per heavy atom. The van der Waals surface area contributed by atoms with Gasteiger partial charge in [0.15, 0.2) is 0 Å². The molecule has 2 aromatic rings. The Kier molecular flexibility index (Phi) is 2.17. The summed E-state index contributed by atoms with van der Waals surface area (Å²) in [4.78, 5) is 5.75. The number of halogens is 1. The summed E-state index contributed by atoms with van der Waals surface area (Å²) < 4.78 is 13.2. The van der Waals surface area contributed by atoms with Gasteiger partial charge in [-0.1, -0.05) is 0 Å². The molecule has 1 aliphatic rings. The first kappa shape index (κ1) is 9.78. The van der Waals surface area contributed by atoms with Gasteiger partial charge < -0.3 is 5.32 Å². The molecule has 1 aromatic heterocycles. The number of nitrogens with one attached hydrogen (secondary N) is 1. The largest absolute Gasteiger partial charge is 0.380 e. The summed E-state index contributed by atoms with van der Waals surface area (Å²) in [6.07, 6.45) is 0.722. The van der Waals surface area contributed by atoms with Gasteiger partial charge in [-0.15, -0.1) is 11.3 Å². The van der Waals surface area contributed by atoms with Crippen LogP contribution in [-0.2, 0) is 13.0 Å². The summed E-state index contributed by atoms with van der Waals surface area (Å²) in [5.74, 6) is -0.184. The topological polar surface area (TPSA) is 24.9 Å². The van der Waals surface area contributed by atoms with Crippen LogP contribution in [0.15, 0.2) is 18.2 Å². The second-order valence-electron chi connectivity index (χ2n) is 3.93. The third-order valence-corrected chi connectivity index (χ3v) is 3.76.